The molecular weight excluding hydrogens is 427 g/mol. The van der Waals surface area contributed by atoms with Crippen molar-refractivity contribution in [1.82, 2.24) is 45.0 Å². The number of rotatable bonds is 5. The monoisotopic (exact) mass is 441 g/mol. The lowest BCUT2D eigenvalue weighted by Gasteiger charge is -2.14. The minimum atomic E-state index is -4.62. The topological polar surface area (TPSA) is 124 Å². The van der Waals surface area contributed by atoms with Crippen LogP contribution in [-0.2, 0) is 6.18 Å². The Kier molecular flexibility index (Phi) is 5.54. The van der Waals surface area contributed by atoms with E-state index in [2.05, 4.69) is 40.3 Å². The van der Waals surface area contributed by atoms with E-state index in [1.807, 2.05) is 0 Å². The summed E-state index contributed by atoms with van der Waals surface area (Å²) < 4.78 is 40.1. The van der Waals surface area contributed by atoms with Crippen LogP contribution in [-0.4, -0.2) is 45.6 Å². The fourth-order valence-corrected chi connectivity index (χ4v) is 2.73. The van der Waals surface area contributed by atoms with Gasteiger partial charge in [0.2, 0.25) is 5.82 Å². The lowest BCUT2D eigenvalue weighted by atomic mass is 10.2. The molecule has 4 aromatic heterocycles. The smallest absolute Gasteiger partial charge is 0.342 e. The van der Waals surface area contributed by atoms with Crippen molar-refractivity contribution >= 4 is 5.91 Å². The van der Waals surface area contributed by atoms with Gasteiger partial charge in [0.05, 0.1) is 17.2 Å². The highest BCUT2D eigenvalue weighted by Crippen LogP contribution is 2.29. The summed E-state index contributed by atoms with van der Waals surface area (Å²) in [5.74, 6) is 0.0435. The first-order chi connectivity index (χ1) is 15.3. The average Bonchev–Trinajstić information content (AvgIpc) is 3.25. The van der Waals surface area contributed by atoms with E-state index in [0.717, 1.165) is 12.3 Å². The maximum atomic E-state index is 12.9. The number of nitrogens with zero attached hydrogens (tertiary/aromatic N) is 8. The second kappa shape index (κ2) is 8.45. The molecule has 0 fully saturated rings. The standard InChI is InChI=1S/C19H14F3N9O/c1-11(28-17(32)12-8-13(10-23-9-12)19(20,21)22)16-29-15(14-24-4-2-5-25-14)30-31(16)18-26-6-3-7-27-18/h2-11H,1H3,(H,28,32). The molecule has 0 aromatic carbocycles. The fourth-order valence-electron chi connectivity index (χ4n) is 2.73. The highest BCUT2D eigenvalue weighted by molar-refractivity contribution is 5.94. The molecule has 1 amide bonds. The average molecular weight is 441 g/mol. The zero-order valence-electron chi connectivity index (χ0n) is 16.4. The SMILES string of the molecule is CC(NC(=O)c1cncc(C(F)(F)F)c1)c1nc(-c2ncccn2)nn1-c1ncccn1. The minimum Gasteiger partial charge on any atom is -0.342 e. The van der Waals surface area contributed by atoms with E-state index < -0.39 is 23.7 Å². The molecule has 1 unspecified atom stereocenters. The van der Waals surface area contributed by atoms with Gasteiger partial charge in [-0.25, -0.2) is 24.9 Å². The Morgan fingerprint density at radius 3 is 2.31 bits per heavy atom. The molecule has 4 aromatic rings. The van der Waals surface area contributed by atoms with Gasteiger partial charge in [-0.2, -0.15) is 17.9 Å². The van der Waals surface area contributed by atoms with Gasteiger partial charge in [-0.1, -0.05) is 0 Å². The molecule has 0 radical (unpaired) electrons. The quantitative estimate of drug-likeness (QED) is 0.501. The molecule has 0 bridgehead atoms. The van der Waals surface area contributed by atoms with Gasteiger partial charge < -0.3 is 5.32 Å². The molecule has 0 saturated heterocycles. The van der Waals surface area contributed by atoms with Gasteiger partial charge in [-0.05, 0) is 25.1 Å². The summed E-state index contributed by atoms with van der Waals surface area (Å²) in [6.07, 6.45) is 3.13. The number of pyridine rings is 1. The van der Waals surface area contributed by atoms with Gasteiger partial charge in [0, 0.05) is 37.2 Å². The maximum absolute atomic E-state index is 12.9. The van der Waals surface area contributed by atoms with Gasteiger partial charge in [0.15, 0.2) is 11.6 Å². The molecule has 0 aliphatic heterocycles. The van der Waals surface area contributed by atoms with Crippen molar-refractivity contribution in [3.05, 3.63) is 72.3 Å². The van der Waals surface area contributed by atoms with Crippen LogP contribution in [0.4, 0.5) is 13.2 Å². The van der Waals surface area contributed by atoms with Crippen LogP contribution in [0.3, 0.4) is 0 Å². The van der Waals surface area contributed by atoms with Crippen LogP contribution in [0, 0.1) is 0 Å². The van der Waals surface area contributed by atoms with E-state index in [9.17, 15) is 18.0 Å². The lowest BCUT2D eigenvalue weighted by Crippen LogP contribution is -2.29. The van der Waals surface area contributed by atoms with Crippen molar-refractivity contribution in [3.63, 3.8) is 0 Å². The Labute approximate surface area is 178 Å². The summed E-state index contributed by atoms with van der Waals surface area (Å²) >= 11 is 0. The Balaban J connectivity index is 1.66. The molecule has 10 nitrogen and oxygen atoms in total. The van der Waals surface area contributed by atoms with Crippen LogP contribution in [0.25, 0.3) is 17.6 Å². The summed E-state index contributed by atoms with van der Waals surface area (Å²) in [5.41, 5.74) is -1.28. The largest absolute Gasteiger partial charge is 0.417 e. The first-order valence-electron chi connectivity index (χ1n) is 9.18. The predicted molar refractivity (Wildman–Crippen MR) is 103 cm³/mol. The molecular formula is C19H14F3N9O. The Bertz CT molecular complexity index is 1230. The number of hydrogen-bond donors (Lipinski definition) is 1. The molecule has 4 heterocycles. The molecule has 0 saturated carbocycles. The zero-order valence-corrected chi connectivity index (χ0v) is 16.4. The maximum Gasteiger partial charge on any atom is 0.417 e. The molecule has 162 valence electrons. The lowest BCUT2D eigenvalue weighted by molar-refractivity contribution is -0.137. The van der Waals surface area contributed by atoms with Crippen LogP contribution >= 0.6 is 0 Å². The number of carbonyl (C=O) groups excluding carboxylic acids is 1. The van der Waals surface area contributed by atoms with Crippen LogP contribution < -0.4 is 5.32 Å². The van der Waals surface area contributed by atoms with E-state index in [0.29, 0.717) is 6.20 Å². The highest BCUT2D eigenvalue weighted by atomic mass is 19.4. The van der Waals surface area contributed by atoms with Crippen molar-refractivity contribution < 1.29 is 18.0 Å². The fraction of sp³-hybridized carbons (Fsp3) is 0.158. The van der Waals surface area contributed by atoms with E-state index in [1.165, 1.54) is 29.5 Å². The van der Waals surface area contributed by atoms with Crippen molar-refractivity contribution in [1.29, 1.82) is 0 Å². The molecule has 13 heteroatoms. The number of halogens is 3. The molecule has 1 atom stereocenters. The highest BCUT2D eigenvalue weighted by Gasteiger charge is 2.32. The summed E-state index contributed by atoms with van der Waals surface area (Å²) in [6, 6.07) is 3.19. The zero-order chi connectivity index (χ0) is 22.7. The van der Waals surface area contributed by atoms with E-state index >= 15 is 0 Å². The van der Waals surface area contributed by atoms with Gasteiger partial charge in [-0.15, -0.1) is 5.10 Å². The number of hydrogen-bond acceptors (Lipinski definition) is 8. The Hall–Kier alpha value is -4.29. The van der Waals surface area contributed by atoms with Gasteiger partial charge >= 0.3 is 6.18 Å². The summed E-state index contributed by atoms with van der Waals surface area (Å²) in [7, 11) is 0. The second-order valence-electron chi connectivity index (χ2n) is 6.48. The van der Waals surface area contributed by atoms with E-state index in [1.54, 1.807) is 19.1 Å². The van der Waals surface area contributed by atoms with Crippen LogP contribution in [0.2, 0.25) is 0 Å². The van der Waals surface area contributed by atoms with Gasteiger partial charge in [0.1, 0.15) is 0 Å². The van der Waals surface area contributed by atoms with Gasteiger partial charge in [-0.3, -0.25) is 9.78 Å². The minimum absolute atomic E-state index is 0.162. The third-order valence-corrected chi connectivity index (χ3v) is 4.20. The third kappa shape index (κ3) is 4.40. The molecule has 32 heavy (non-hydrogen) atoms. The number of carbonyl (C=O) groups is 1. The number of amides is 1. The number of aromatic nitrogens is 8. The Morgan fingerprint density at radius 2 is 1.66 bits per heavy atom. The van der Waals surface area contributed by atoms with E-state index in [4.69, 9.17) is 0 Å². The van der Waals surface area contributed by atoms with Crippen molar-refractivity contribution in [3.8, 4) is 17.6 Å². The molecule has 1 N–H and O–H groups in total. The first kappa shape index (κ1) is 21.0. The van der Waals surface area contributed by atoms with E-state index in [-0.39, 0.29) is 29.0 Å². The first-order valence-corrected chi connectivity index (χ1v) is 9.18. The van der Waals surface area contributed by atoms with Crippen LogP contribution in [0.15, 0.2) is 55.4 Å². The summed E-state index contributed by atoms with van der Waals surface area (Å²) in [6.45, 7) is 1.60. The van der Waals surface area contributed by atoms with Crippen LogP contribution in [0.1, 0.15) is 34.7 Å². The third-order valence-electron chi connectivity index (χ3n) is 4.20. The summed E-state index contributed by atoms with van der Waals surface area (Å²) in [5, 5.41) is 6.94. The summed E-state index contributed by atoms with van der Waals surface area (Å²) in [4.78, 5) is 37.0. The van der Waals surface area contributed by atoms with Crippen LogP contribution in [0.5, 0.6) is 0 Å². The Morgan fingerprint density at radius 1 is 1.00 bits per heavy atom. The molecule has 0 aliphatic rings. The van der Waals surface area contributed by atoms with Crippen molar-refractivity contribution in [2.45, 2.75) is 19.1 Å². The molecule has 0 aliphatic carbocycles. The molecule has 4 rings (SSSR count). The van der Waals surface area contributed by atoms with Crippen molar-refractivity contribution in [2.75, 3.05) is 0 Å². The number of alkyl halides is 3. The number of nitrogens with one attached hydrogen (secondary N) is 1. The van der Waals surface area contributed by atoms with Crippen molar-refractivity contribution in [2.24, 2.45) is 0 Å². The second-order valence-corrected chi connectivity index (χ2v) is 6.48. The van der Waals surface area contributed by atoms with Gasteiger partial charge in [0.25, 0.3) is 11.9 Å². The molecule has 0 spiro atoms. The normalized spacial score (nSPS) is 12.4. The predicted octanol–water partition coefficient (Wildman–Crippen LogP) is 2.42.